The molecule has 3 aromatic rings. The summed E-state index contributed by atoms with van der Waals surface area (Å²) < 4.78 is 1.70. The van der Waals surface area contributed by atoms with Gasteiger partial charge in [-0.25, -0.2) is 4.90 Å². The molecule has 0 aliphatic carbocycles. The number of fused-ring (bicyclic) bond motifs is 3. The van der Waals surface area contributed by atoms with Crippen LogP contribution in [0.3, 0.4) is 0 Å². The number of aromatic amines is 1. The van der Waals surface area contributed by atoms with Gasteiger partial charge in [-0.1, -0.05) is 56.8 Å². The molecule has 0 radical (unpaired) electrons. The van der Waals surface area contributed by atoms with E-state index in [0.717, 1.165) is 11.3 Å². The van der Waals surface area contributed by atoms with Crippen molar-refractivity contribution < 1.29 is 9.48 Å². The molecule has 0 bridgehead atoms. The zero-order valence-corrected chi connectivity index (χ0v) is 18.4. The van der Waals surface area contributed by atoms with Crippen molar-refractivity contribution in [1.82, 2.24) is 10.1 Å². The van der Waals surface area contributed by atoms with Gasteiger partial charge in [0.1, 0.15) is 0 Å². The van der Waals surface area contributed by atoms with E-state index in [-0.39, 0.29) is 11.5 Å². The Morgan fingerprint density at radius 2 is 1.90 bits per heavy atom. The minimum Gasteiger partial charge on any atom is -0.291 e. The van der Waals surface area contributed by atoms with Gasteiger partial charge in [-0.05, 0) is 46.7 Å². The molecule has 0 spiro atoms. The molecule has 154 valence electrons. The van der Waals surface area contributed by atoms with Crippen molar-refractivity contribution in [3.8, 4) is 11.3 Å². The van der Waals surface area contributed by atoms with Crippen LogP contribution < -0.4 is 15.1 Å². The summed E-state index contributed by atoms with van der Waals surface area (Å²) in [6.45, 7) is 6.14. The molecule has 1 unspecified atom stereocenters. The highest BCUT2D eigenvalue weighted by atomic mass is 32.2. The minimum atomic E-state index is -0.531. The molecular weight excluding hydrogens is 396 g/mol. The second-order valence-corrected chi connectivity index (χ2v) is 8.38. The van der Waals surface area contributed by atoms with Crippen LogP contribution in [-0.2, 0) is 4.79 Å². The summed E-state index contributed by atoms with van der Waals surface area (Å²) in [4.78, 5) is 30.8. The first kappa shape index (κ1) is 20.3. The molecule has 1 atom stereocenters. The number of amides is 1. The average Bonchev–Trinajstić information content (AvgIpc) is 2.77. The fraction of sp³-hybridized carbons (Fsp3) is 0.304. The number of nitrogens with zero attached hydrogens (tertiary/aromatic N) is 3. The standard InChI is InChI=1S/C23H24N4O2S/c1-5-19(28)26-18-9-7-6-8-17(18)20-21(29)24-23(30-4)25-27(20)22(26)16-12-10-15(11-13-16)14(2)3/h6-14,22H,5H2,1-4H3/p+1. The van der Waals surface area contributed by atoms with Crippen molar-refractivity contribution in [3.05, 3.63) is 70.0 Å². The molecule has 0 saturated carbocycles. The van der Waals surface area contributed by atoms with Crippen molar-refractivity contribution in [2.45, 2.75) is 44.4 Å². The van der Waals surface area contributed by atoms with Gasteiger partial charge < -0.3 is 0 Å². The third-order valence-corrected chi connectivity index (χ3v) is 5.99. The number of nitrogens with one attached hydrogen (secondary N) is 1. The molecule has 1 aromatic heterocycles. The van der Waals surface area contributed by atoms with Crippen molar-refractivity contribution in [3.63, 3.8) is 0 Å². The van der Waals surface area contributed by atoms with E-state index in [1.165, 1.54) is 17.3 Å². The molecule has 2 heterocycles. The van der Waals surface area contributed by atoms with E-state index in [9.17, 15) is 9.59 Å². The maximum atomic E-state index is 13.1. The lowest BCUT2D eigenvalue weighted by molar-refractivity contribution is -0.763. The normalized spacial score (nSPS) is 15.1. The lowest BCUT2D eigenvalue weighted by atomic mass is 9.98. The van der Waals surface area contributed by atoms with E-state index in [4.69, 9.17) is 5.10 Å². The fourth-order valence-electron chi connectivity index (χ4n) is 3.86. The number of benzene rings is 2. The second kappa shape index (κ2) is 8.07. The van der Waals surface area contributed by atoms with Crippen LogP contribution in [0.4, 0.5) is 5.69 Å². The summed E-state index contributed by atoms with van der Waals surface area (Å²) >= 11 is 1.37. The molecule has 30 heavy (non-hydrogen) atoms. The molecule has 6 nitrogen and oxygen atoms in total. The van der Waals surface area contributed by atoms with Crippen LogP contribution in [0, 0.1) is 0 Å². The summed E-state index contributed by atoms with van der Waals surface area (Å²) in [6, 6.07) is 15.7. The summed E-state index contributed by atoms with van der Waals surface area (Å²) in [7, 11) is 0. The number of thioether (sulfide) groups is 1. The Hall–Kier alpha value is -2.93. The largest absolute Gasteiger partial charge is 0.325 e. The maximum Gasteiger partial charge on any atom is 0.325 e. The first-order chi connectivity index (χ1) is 14.5. The van der Waals surface area contributed by atoms with Crippen LogP contribution in [0.25, 0.3) is 11.3 Å². The smallest absolute Gasteiger partial charge is 0.291 e. The van der Waals surface area contributed by atoms with Crippen molar-refractivity contribution in [1.29, 1.82) is 0 Å². The molecule has 0 saturated heterocycles. The molecule has 1 aliphatic heterocycles. The van der Waals surface area contributed by atoms with E-state index in [2.05, 4.69) is 31.0 Å². The second-order valence-electron chi connectivity index (χ2n) is 7.59. The van der Waals surface area contributed by atoms with Crippen LogP contribution >= 0.6 is 11.8 Å². The predicted octanol–water partition coefficient (Wildman–Crippen LogP) is 3.87. The van der Waals surface area contributed by atoms with Crippen LogP contribution in [0.2, 0.25) is 0 Å². The van der Waals surface area contributed by atoms with E-state index in [1.54, 1.807) is 9.58 Å². The summed E-state index contributed by atoms with van der Waals surface area (Å²) in [6.07, 6.45) is 1.68. The number of H-pyrrole nitrogens is 1. The van der Waals surface area contributed by atoms with E-state index >= 15 is 0 Å². The first-order valence-corrected chi connectivity index (χ1v) is 11.3. The molecule has 1 amide bonds. The Balaban J connectivity index is 2.02. The molecule has 0 fully saturated rings. The molecular formula is C23H25N4O2S+. The first-order valence-electron chi connectivity index (χ1n) is 10.1. The van der Waals surface area contributed by atoms with Gasteiger partial charge in [0, 0.05) is 17.1 Å². The van der Waals surface area contributed by atoms with Gasteiger partial charge in [0.2, 0.25) is 11.1 Å². The Kier molecular flexibility index (Phi) is 5.47. The Bertz CT molecular complexity index is 1150. The van der Waals surface area contributed by atoms with Crippen LogP contribution in [-0.4, -0.2) is 22.2 Å². The van der Waals surface area contributed by atoms with E-state index in [0.29, 0.717) is 28.8 Å². The summed E-state index contributed by atoms with van der Waals surface area (Å²) in [5.41, 5.74) is 3.81. The summed E-state index contributed by atoms with van der Waals surface area (Å²) in [5, 5.41) is 5.21. The van der Waals surface area contributed by atoms with Crippen molar-refractivity contribution in [2.75, 3.05) is 11.2 Å². The highest BCUT2D eigenvalue weighted by Crippen LogP contribution is 2.37. The highest BCUT2D eigenvalue weighted by Gasteiger charge is 2.45. The summed E-state index contributed by atoms with van der Waals surface area (Å²) in [5.74, 6) is 0.384. The highest BCUT2D eigenvalue weighted by molar-refractivity contribution is 7.98. The van der Waals surface area contributed by atoms with Gasteiger partial charge in [0.05, 0.1) is 11.3 Å². The molecule has 1 N–H and O–H groups in total. The van der Waals surface area contributed by atoms with E-state index < -0.39 is 6.17 Å². The molecule has 4 rings (SSSR count). The number of aromatic nitrogens is 3. The Morgan fingerprint density at radius 1 is 1.20 bits per heavy atom. The minimum absolute atomic E-state index is 0.0219. The number of rotatable bonds is 4. The van der Waals surface area contributed by atoms with Crippen molar-refractivity contribution in [2.24, 2.45) is 0 Å². The number of para-hydroxylation sites is 1. The fourth-order valence-corrected chi connectivity index (χ4v) is 4.22. The monoisotopic (exact) mass is 421 g/mol. The van der Waals surface area contributed by atoms with Gasteiger partial charge in [0.15, 0.2) is 0 Å². The lowest BCUT2D eigenvalue weighted by Gasteiger charge is -2.32. The third kappa shape index (κ3) is 3.33. The number of hydrogen-bond donors (Lipinski definition) is 1. The average molecular weight is 422 g/mol. The van der Waals surface area contributed by atoms with E-state index in [1.807, 2.05) is 49.6 Å². The molecule has 1 aliphatic rings. The van der Waals surface area contributed by atoms with Crippen LogP contribution in [0.1, 0.15) is 50.4 Å². The SMILES string of the molecule is CCC(=O)N1c2ccccc2-c2c(=O)[nH]c(SC)n[n+]2C1c1ccc(C(C)C)cc1. The topological polar surface area (TPSA) is 69.9 Å². The lowest BCUT2D eigenvalue weighted by Crippen LogP contribution is -2.60. The predicted molar refractivity (Wildman–Crippen MR) is 119 cm³/mol. The van der Waals surface area contributed by atoms with Crippen LogP contribution in [0.5, 0.6) is 0 Å². The number of carbonyl (C=O) groups excluding carboxylic acids is 1. The third-order valence-electron chi connectivity index (χ3n) is 5.42. The zero-order chi connectivity index (χ0) is 21.4. The maximum absolute atomic E-state index is 13.1. The van der Waals surface area contributed by atoms with Crippen molar-refractivity contribution >= 4 is 23.4 Å². The number of hydrogen-bond acceptors (Lipinski definition) is 4. The van der Waals surface area contributed by atoms with Gasteiger partial charge in [-0.3, -0.25) is 14.6 Å². The Labute approximate surface area is 180 Å². The molecule has 7 heteroatoms. The quantitative estimate of drug-likeness (QED) is 0.513. The van der Waals surface area contributed by atoms with Crippen LogP contribution in [0.15, 0.2) is 58.5 Å². The zero-order valence-electron chi connectivity index (χ0n) is 17.5. The van der Waals surface area contributed by atoms with Gasteiger partial charge in [0.25, 0.3) is 6.17 Å². The molecule has 2 aromatic carbocycles. The van der Waals surface area contributed by atoms with Gasteiger partial charge in [-0.15, -0.1) is 0 Å². The van der Waals surface area contributed by atoms with Gasteiger partial charge >= 0.3 is 11.3 Å². The number of anilines is 1. The Morgan fingerprint density at radius 3 is 2.53 bits per heavy atom. The van der Waals surface area contributed by atoms with Gasteiger partial charge in [-0.2, -0.15) is 0 Å². The number of carbonyl (C=O) groups is 1.